The van der Waals surface area contributed by atoms with Crippen molar-refractivity contribution in [2.45, 2.75) is 55.6 Å². The Hall–Kier alpha value is 0.220. The highest BCUT2D eigenvalue weighted by atomic mass is 32.1. The molecule has 7 unspecified atom stereocenters. The second-order valence-electron chi connectivity index (χ2n) is 7.19. The number of rotatable bonds is 0. The van der Waals surface area contributed by atoms with E-state index in [0.717, 1.165) is 5.92 Å². The SMILES string of the molecule is CC1CCC2CC3CCC3C#CC(C)(S)C(N)(S)C12. The molecule has 0 amide bonds. The van der Waals surface area contributed by atoms with E-state index in [1.807, 2.05) is 0 Å². The number of nitrogens with two attached hydrogens (primary N) is 1. The lowest BCUT2D eigenvalue weighted by molar-refractivity contribution is 0.146. The van der Waals surface area contributed by atoms with Crippen molar-refractivity contribution in [1.29, 1.82) is 0 Å². The quantitative estimate of drug-likeness (QED) is 0.357. The lowest BCUT2D eigenvalue weighted by atomic mass is 9.68. The molecule has 7 atom stereocenters. The Morgan fingerprint density at radius 3 is 2.42 bits per heavy atom. The van der Waals surface area contributed by atoms with E-state index in [1.54, 1.807) is 0 Å². The van der Waals surface area contributed by atoms with Gasteiger partial charge in [0.1, 0.15) is 0 Å². The number of fused-ring (bicyclic) bond motifs is 2. The average molecular weight is 296 g/mol. The minimum absolute atomic E-state index is 0.437. The van der Waals surface area contributed by atoms with Crippen molar-refractivity contribution in [1.82, 2.24) is 0 Å². The standard InChI is InChI=1S/C16H25NS2/c1-10-3-4-13-9-12-6-5-11(12)7-8-15(2,18)16(17,19)14(10)13/h10-14,18-19H,3-6,9,17H2,1-2H3. The van der Waals surface area contributed by atoms with E-state index in [-0.39, 0.29) is 0 Å². The number of hydrogen-bond acceptors (Lipinski definition) is 3. The van der Waals surface area contributed by atoms with Crippen LogP contribution >= 0.6 is 25.3 Å². The molecule has 0 aliphatic heterocycles. The first-order chi connectivity index (χ1) is 8.83. The fourth-order valence-corrected chi connectivity index (χ4v) is 5.18. The summed E-state index contributed by atoms with van der Waals surface area (Å²) in [6.07, 6.45) is 6.50. The van der Waals surface area contributed by atoms with Gasteiger partial charge < -0.3 is 5.73 Å². The van der Waals surface area contributed by atoms with Crippen LogP contribution < -0.4 is 5.73 Å². The van der Waals surface area contributed by atoms with E-state index in [4.69, 9.17) is 31.0 Å². The van der Waals surface area contributed by atoms with E-state index in [0.29, 0.717) is 23.7 Å². The minimum Gasteiger partial charge on any atom is -0.315 e. The molecule has 0 bridgehead atoms. The van der Waals surface area contributed by atoms with E-state index in [9.17, 15) is 0 Å². The molecule has 0 saturated heterocycles. The van der Waals surface area contributed by atoms with Crippen LogP contribution in [0.4, 0.5) is 0 Å². The Morgan fingerprint density at radius 1 is 1.11 bits per heavy atom. The van der Waals surface area contributed by atoms with Crippen LogP contribution in [0, 0.1) is 41.4 Å². The molecular formula is C16H25NS2. The lowest BCUT2D eigenvalue weighted by Gasteiger charge is -2.45. The van der Waals surface area contributed by atoms with Crippen LogP contribution in [0.1, 0.15) is 46.0 Å². The molecule has 0 aromatic rings. The van der Waals surface area contributed by atoms with Crippen LogP contribution in [0.25, 0.3) is 0 Å². The summed E-state index contributed by atoms with van der Waals surface area (Å²) in [6, 6.07) is 0. The van der Waals surface area contributed by atoms with Crippen LogP contribution in [0.3, 0.4) is 0 Å². The van der Waals surface area contributed by atoms with Crippen molar-refractivity contribution in [3.05, 3.63) is 0 Å². The molecule has 2 fully saturated rings. The van der Waals surface area contributed by atoms with Crippen molar-refractivity contribution < 1.29 is 0 Å². The maximum atomic E-state index is 6.67. The Kier molecular flexibility index (Phi) is 3.44. The van der Waals surface area contributed by atoms with Crippen molar-refractivity contribution >= 4 is 25.3 Å². The molecule has 0 aromatic heterocycles. The van der Waals surface area contributed by atoms with Crippen LogP contribution in [0.2, 0.25) is 0 Å². The summed E-state index contributed by atoms with van der Waals surface area (Å²) in [4.78, 5) is -0.604. The van der Waals surface area contributed by atoms with Crippen LogP contribution in [-0.4, -0.2) is 9.62 Å². The smallest absolute Gasteiger partial charge is 0.0981 e. The van der Waals surface area contributed by atoms with Gasteiger partial charge in [0, 0.05) is 5.92 Å². The highest BCUT2D eigenvalue weighted by Crippen LogP contribution is 2.54. The third kappa shape index (κ3) is 2.15. The van der Waals surface area contributed by atoms with Gasteiger partial charge in [0.2, 0.25) is 0 Å². The van der Waals surface area contributed by atoms with Gasteiger partial charge in [0.25, 0.3) is 0 Å². The zero-order valence-electron chi connectivity index (χ0n) is 11.9. The third-order valence-corrected chi connectivity index (χ3v) is 7.33. The zero-order valence-corrected chi connectivity index (χ0v) is 13.7. The van der Waals surface area contributed by atoms with Crippen LogP contribution in [0.15, 0.2) is 0 Å². The molecule has 0 aromatic carbocycles. The Labute approximate surface area is 128 Å². The monoisotopic (exact) mass is 295 g/mol. The zero-order chi connectivity index (χ0) is 13.8. The predicted molar refractivity (Wildman–Crippen MR) is 87.3 cm³/mol. The average Bonchev–Trinajstić information content (AvgIpc) is 2.65. The van der Waals surface area contributed by atoms with Gasteiger partial charge >= 0.3 is 0 Å². The molecule has 106 valence electrons. The molecule has 0 spiro atoms. The van der Waals surface area contributed by atoms with Crippen molar-refractivity contribution in [2.75, 3.05) is 0 Å². The lowest BCUT2D eigenvalue weighted by Crippen LogP contribution is -2.58. The largest absolute Gasteiger partial charge is 0.315 e. The van der Waals surface area contributed by atoms with Crippen LogP contribution in [0.5, 0.6) is 0 Å². The molecular weight excluding hydrogens is 270 g/mol. The van der Waals surface area contributed by atoms with Gasteiger partial charge in [-0.25, -0.2) is 0 Å². The second kappa shape index (κ2) is 4.61. The summed E-state index contributed by atoms with van der Waals surface area (Å²) in [7, 11) is 0. The normalized spacial score (nSPS) is 56.6. The molecule has 3 aliphatic rings. The first-order valence-corrected chi connectivity index (χ1v) is 8.48. The first kappa shape index (κ1) is 14.2. The van der Waals surface area contributed by atoms with Gasteiger partial charge in [-0.15, -0.1) is 0 Å². The second-order valence-corrected chi connectivity index (χ2v) is 8.82. The maximum Gasteiger partial charge on any atom is 0.0981 e. The molecule has 0 radical (unpaired) electrons. The first-order valence-electron chi connectivity index (χ1n) is 7.59. The minimum atomic E-state index is -0.604. The summed E-state index contributed by atoms with van der Waals surface area (Å²) >= 11 is 9.68. The summed E-state index contributed by atoms with van der Waals surface area (Å²) < 4.78 is -0.512. The van der Waals surface area contributed by atoms with Gasteiger partial charge in [-0.05, 0) is 56.3 Å². The summed E-state index contributed by atoms with van der Waals surface area (Å²) in [5.74, 6) is 10.00. The summed E-state index contributed by atoms with van der Waals surface area (Å²) in [6.45, 7) is 4.38. The molecule has 0 heterocycles. The van der Waals surface area contributed by atoms with E-state index in [2.05, 4.69) is 25.7 Å². The Bertz CT molecular complexity index is 432. The van der Waals surface area contributed by atoms with Crippen LogP contribution in [-0.2, 0) is 0 Å². The third-order valence-electron chi connectivity index (χ3n) is 5.93. The topological polar surface area (TPSA) is 26.0 Å². The molecule has 2 N–H and O–H groups in total. The van der Waals surface area contributed by atoms with Gasteiger partial charge in [-0.1, -0.05) is 25.2 Å². The fraction of sp³-hybridized carbons (Fsp3) is 0.875. The predicted octanol–water partition coefficient (Wildman–Crippen LogP) is 3.36. The fourth-order valence-electron chi connectivity index (χ4n) is 4.45. The maximum absolute atomic E-state index is 6.67. The molecule has 3 heteroatoms. The van der Waals surface area contributed by atoms with Crippen molar-refractivity contribution in [3.8, 4) is 11.8 Å². The molecule has 19 heavy (non-hydrogen) atoms. The summed E-state index contributed by atoms with van der Waals surface area (Å²) in [5.41, 5.74) is 6.67. The molecule has 2 saturated carbocycles. The number of thiol groups is 2. The highest BCUT2D eigenvalue weighted by Gasteiger charge is 2.53. The Balaban J connectivity index is 2.01. The van der Waals surface area contributed by atoms with E-state index >= 15 is 0 Å². The van der Waals surface area contributed by atoms with Gasteiger partial charge in [-0.2, -0.15) is 25.3 Å². The molecule has 3 aliphatic carbocycles. The van der Waals surface area contributed by atoms with Gasteiger partial charge in [-0.3, -0.25) is 0 Å². The Morgan fingerprint density at radius 2 is 1.79 bits per heavy atom. The van der Waals surface area contributed by atoms with Gasteiger partial charge in [0.05, 0.1) is 9.62 Å². The number of hydrogen-bond donors (Lipinski definition) is 3. The van der Waals surface area contributed by atoms with Gasteiger partial charge in [0.15, 0.2) is 0 Å². The highest BCUT2D eigenvalue weighted by molar-refractivity contribution is 7.86. The van der Waals surface area contributed by atoms with E-state index in [1.165, 1.54) is 32.1 Å². The van der Waals surface area contributed by atoms with Crippen molar-refractivity contribution in [2.24, 2.45) is 35.3 Å². The molecule has 3 rings (SSSR count). The van der Waals surface area contributed by atoms with Crippen molar-refractivity contribution in [3.63, 3.8) is 0 Å². The molecule has 1 nitrogen and oxygen atoms in total. The summed E-state index contributed by atoms with van der Waals surface area (Å²) in [5, 5.41) is 0. The van der Waals surface area contributed by atoms with E-state index < -0.39 is 9.62 Å².